The van der Waals surface area contributed by atoms with Crippen LogP contribution >= 0.6 is 0 Å². The molecule has 0 spiro atoms. The molecule has 1 unspecified atom stereocenters. The van der Waals surface area contributed by atoms with E-state index in [9.17, 15) is 4.79 Å². The molecule has 0 saturated carbocycles. The topological polar surface area (TPSA) is 20.3 Å². The highest BCUT2D eigenvalue weighted by Crippen LogP contribution is 2.29. The molecule has 14 heavy (non-hydrogen) atoms. The van der Waals surface area contributed by atoms with Crippen LogP contribution in [0.4, 0.5) is 0 Å². The van der Waals surface area contributed by atoms with E-state index in [4.69, 9.17) is 0 Å². The van der Waals surface area contributed by atoms with Gasteiger partial charge in [0.1, 0.15) is 0 Å². The molecular weight excluding hydrogens is 174 g/mol. The van der Waals surface area contributed by atoms with Gasteiger partial charge in [0.05, 0.1) is 0 Å². The smallest absolute Gasteiger partial charge is 0.223 e. The molecule has 0 aromatic heterocycles. The van der Waals surface area contributed by atoms with Gasteiger partial charge in [-0.15, -0.1) is 0 Å². The summed E-state index contributed by atoms with van der Waals surface area (Å²) in [7, 11) is 0. The minimum Gasteiger partial charge on any atom is -0.338 e. The molecule has 0 N–H and O–H groups in total. The average Bonchev–Trinajstić information content (AvgIpc) is 2.27. The van der Waals surface area contributed by atoms with Crippen molar-refractivity contribution in [3.8, 4) is 0 Å². The number of carbonyl (C=O) groups is 1. The van der Waals surface area contributed by atoms with E-state index in [2.05, 4.69) is 34.6 Å². The number of nitrogens with zero attached hydrogens (tertiary/aromatic N) is 1. The van der Waals surface area contributed by atoms with E-state index in [1.165, 1.54) is 6.42 Å². The fourth-order valence-corrected chi connectivity index (χ4v) is 2.25. The molecule has 0 radical (unpaired) electrons. The molecule has 1 rings (SSSR count). The fourth-order valence-electron chi connectivity index (χ4n) is 2.25. The molecule has 82 valence electrons. The van der Waals surface area contributed by atoms with Gasteiger partial charge >= 0.3 is 0 Å². The van der Waals surface area contributed by atoms with Gasteiger partial charge in [0, 0.05) is 18.5 Å². The lowest BCUT2D eigenvalue weighted by Crippen LogP contribution is -2.42. The Hall–Kier alpha value is -0.530. The molecule has 2 heteroatoms. The van der Waals surface area contributed by atoms with E-state index in [1.54, 1.807) is 0 Å². The molecule has 0 aliphatic carbocycles. The van der Waals surface area contributed by atoms with E-state index in [0.29, 0.717) is 17.7 Å². The van der Waals surface area contributed by atoms with E-state index >= 15 is 0 Å². The van der Waals surface area contributed by atoms with Gasteiger partial charge in [-0.2, -0.15) is 0 Å². The maximum atomic E-state index is 11.7. The van der Waals surface area contributed by atoms with Crippen LogP contribution in [-0.2, 0) is 4.79 Å². The molecule has 1 atom stereocenters. The third kappa shape index (κ3) is 2.73. The van der Waals surface area contributed by atoms with Gasteiger partial charge in [-0.3, -0.25) is 4.79 Å². The molecule has 1 amide bonds. The molecule has 1 saturated heterocycles. The van der Waals surface area contributed by atoms with Crippen LogP contribution in [-0.4, -0.2) is 22.9 Å². The standard InChI is InChI=1S/C12H23NO/c1-9(2)6-10-7-11(14)13(8-10)12(3,4)5/h9-10H,6-8H2,1-5H3. The minimum absolute atomic E-state index is 0.00279. The number of hydrogen-bond acceptors (Lipinski definition) is 1. The Morgan fingerprint density at radius 3 is 2.36 bits per heavy atom. The zero-order valence-electron chi connectivity index (χ0n) is 10.1. The molecule has 1 aliphatic rings. The monoisotopic (exact) mass is 197 g/mol. The summed E-state index contributed by atoms with van der Waals surface area (Å²) in [5, 5.41) is 0. The molecule has 0 bridgehead atoms. The Kier molecular flexibility index (Phi) is 3.23. The van der Waals surface area contributed by atoms with Crippen LogP contribution in [0.5, 0.6) is 0 Å². The molecule has 0 aromatic rings. The zero-order valence-corrected chi connectivity index (χ0v) is 10.1. The van der Waals surface area contributed by atoms with Crippen molar-refractivity contribution in [2.45, 2.75) is 53.0 Å². The van der Waals surface area contributed by atoms with Crippen molar-refractivity contribution in [2.24, 2.45) is 11.8 Å². The summed E-state index contributed by atoms with van der Waals surface area (Å²) in [6.45, 7) is 11.8. The number of rotatable bonds is 2. The summed E-state index contributed by atoms with van der Waals surface area (Å²) in [5.41, 5.74) is 0.00279. The highest BCUT2D eigenvalue weighted by atomic mass is 16.2. The first-order chi connectivity index (χ1) is 6.30. The molecular formula is C12H23NO. The van der Waals surface area contributed by atoms with Gasteiger partial charge in [-0.05, 0) is 39.0 Å². The number of hydrogen-bond donors (Lipinski definition) is 0. The predicted octanol–water partition coefficient (Wildman–Crippen LogP) is 2.68. The van der Waals surface area contributed by atoms with Gasteiger partial charge in [0.2, 0.25) is 5.91 Å². The second-order valence-corrected chi connectivity index (χ2v) is 5.87. The first-order valence-electron chi connectivity index (χ1n) is 5.61. The Balaban J connectivity index is 2.56. The summed E-state index contributed by atoms with van der Waals surface area (Å²) in [5.74, 6) is 1.62. The van der Waals surface area contributed by atoms with Gasteiger partial charge < -0.3 is 4.90 Å². The van der Waals surface area contributed by atoms with E-state index < -0.39 is 0 Å². The first-order valence-corrected chi connectivity index (χ1v) is 5.61. The first kappa shape index (κ1) is 11.5. The second kappa shape index (κ2) is 3.92. The van der Waals surface area contributed by atoms with Gasteiger partial charge in [0.25, 0.3) is 0 Å². The lowest BCUT2D eigenvalue weighted by atomic mass is 9.96. The highest BCUT2D eigenvalue weighted by molar-refractivity contribution is 5.79. The maximum Gasteiger partial charge on any atom is 0.223 e. The largest absolute Gasteiger partial charge is 0.338 e. The number of amides is 1. The third-order valence-electron chi connectivity index (χ3n) is 2.82. The van der Waals surface area contributed by atoms with Gasteiger partial charge in [-0.25, -0.2) is 0 Å². The summed E-state index contributed by atoms with van der Waals surface area (Å²) < 4.78 is 0. The van der Waals surface area contributed by atoms with Crippen LogP contribution in [0.3, 0.4) is 0 Å². The van der Waals surface area contributed by atoms with Crippen LogP contribution in [0.15, 0.2) is 0 Å². The lowest BCUT2D eigenvalue weighted by molar-refractivity contribution is -0.131. The van der Waals surface area contributed by atoms with E-state index in [0.717, 1.165) is 13.0 Å². The normalized spacial score (nSPS) is 23.7. The van der Waals surface area contributed by atoms with Gasteiger partial charge in [-0.1, -0.05) is 13.8 Å². The van der Waals surface area contributed by atoms with E-state index in [1.807, 2.05) is 4.90 Å². The van der Waals surface area contributed by atoms with Crippen molar-refractivity contribution in [3.05, 3.63) is 0 Å². The zero-order chi connectivity index (χ0) is 10.9. The molecule has 1 aliphatic heterocycles. The molecule has 1 fully saturated rings. The van der Waals surface area contributed by atoms with Crippen LogP contribution < -0.4 is 0 Å². The van der Waals surface area contributed by atoms with Crippen molar-refractivity contribution < 1.29 is 4.79 Å². The Bertz CT molecular complexity index is 215. The van der Waals surface area contributed by atoms with Crippen LogP contribution in [0.25, 0.3) is 0 Å². The highest BCUT2D eigenvalue weighted by Gasteiger charge is 2.35. The van der Waals surface area contributed by atoms with Crippen molar-refractivity contribution in [1.82, 2.24) is 4.90 Å². The minimum atomic E-state index is 0.00279. The quantitative estimate of drug-likeness (QED) is 0.666. The SMILES string of the molecule is CC(C)CC1CC(=O)N(C(C)(C)C)C1. The predicted molar refractivity (Wildman–Crippen MR) is 59.0 cm³/mol. The summed E-state index contributed by atoms with van der Waals surface area (Å²) in [6.07, 6.45) is 1.94. The lowest BCUT2D eigenvalue weighted by Gasteiger charge is -2.32. The Morgan fingerprint density at radius 2 is 2.00 bits per heavy atom. The van der Waals surface area contributed by atoms with Gasteiger partial charge in [0.15, 0.2) is 0 Å². The van der Waals surface area contributed by atoms with Crippen molar-refractivity contribution >= 4 is 5.91 Å². The molecule has 2 nitrogen and oxygen atoms in total. The third-order valence-corrected chi connectivity index (χ3v) is 2.82. The summed E-state index contributed by atoms with van der Waals surface area (Å²) in [4.78, 5) is 13.8. The van der Waals surface area contributed by atoms with E-state index in [-0.39, 0.29) is 5.54 Å². The van der Waals surface area contributed by atoms with Crippen molar-refractivity contribution in [2.75, 3.05) is 6.54 Å². The van der Waals surface area contributed by atoms with Crippen LogP contribution in [0.1, 0.15) is 47.5 Å². The fraction of sp³-hybridized carbons (Fsp3) is 0.917. The second-order valence-electron chi connectivity index (χ2n) is 5.87. The maximum absolute atomic E-state index is 11.7. The van der Waals surface area contributed by atoms with Crippen molar-refractivity contribution in [3.63, 3.8) is 0 Å². The van der Waals surface area contributed by atoms with Crippen molar-refractivity contribution in [1.29, 1.82) is 0 Å². The van der Waals surface area contributed by atoms with Crippen LogP contribution in [0, 0.1) is 11.8 Å². The Morgan fingerprint density at radius 1 is 1.43 bits per heavy atom. The number of likely N-dealkylation sites (tertiary alicyclic amines) is 1. The Labute approximate surface area is 87.7 Å². The number of carbonyl (C=O) groups excluding carboxylic acids is 1. The molecule has 0 aromatic carbocycles. The molecule has 1 heterocycles. The van der Waals surface area contributed by atoms with Crippen LogP contribution in [0.2, 0.25) is 0 Å². The summed E-state index contributed by atoms with van der Waals surface area (Å²) >= 11 is 0. The average molecular weight is 197 g/mol. The summed E-state index contributed by atoms with van der Waals surface area (Å²) in [6, 6.07) is 0.